The highest BCUT2D eigenvalue weighted by molar-refractivity contribution is 6.74. The van der Waals surface area contributed by atoms with E-state index in [-0.39, 0.29) is 41.7 Å². The van der Waals surface area contributed by atoms with Gasteiger partial charge in [-0.3, -0.25) is 0 Å². The summed E-state index contributed by atoms with van der Waals surface area (Å²) in [5.41, 5.74) is 1.77. The molecule has 0 radical (unpaired) electrons. The van der Waals surface area contributed by atoms with Crippen molar-refractivity contribution in [3.63, 3.8) is 0 Å². The van der Waals surface area contributed by atoms with E-state index in [1.54, 1.807) is 0 Å². The zero-order valence-corrected chi connectivity index (χ0v) is 30.0. The number of hydrogen-bond donors (Lipinski definition) is 1. The highest BCUT2D eigenvalue weighted by Gasteiger charge is 2.54. The van der Waals surface area contributed by atoms with Gasteiger partial charge >= 0.3 is 0 Å². The number of benzene rings is 2. The number of rotatable bonds is 13. The quantitative estimate of drug-likeness (QED) is 0.176. The summed E-state index contributed by atoms with van der Waals surface area (Å²) in [7, 11) is -1.76. The lowest BCUT2D eigenvalue weighted by atomic mass is 9.82. The molecule has 0 bridgehead atoms. The molecular formula is C38H58O7Si. The minimum Gasteiger partial charge on any atom is -0.417 e. The largest absolute Gasteiger partial charge is 0.417 e. The summed E-state index contributed by atoms with van der Waals surface area (Å²) < 4.78 is 39.5. The van der Waals surface area contributed by atoms with E-state index in [9.17, 15) is 5.11 Å². The van der Waals surface area contributed by atoms with E-state index < -0.39 is 20.0 Å². The number of unbranched alkanes of at least 4 members (excludes halogenated alkanes) is 1. The molecule has 0 amide bonds. The summed E-state index contributed by atoms with van der Waals surface area (Å²) in [5.74, 6) is 0. The van der Waals surface area contributed by atoms with Gasteiger partial charge in [-0.2, -0.15) is 0 Å². The second-order valence-electron chi connectivity index (χ2n) is 15.4. The van der Waals surface area contributed by atoms with Crippen molar-refractivity contribution in [1.29, 1.82) is 0 Å². The van der Waals surface area contributed by atoms with Gasteiger partial charge in [0.15, 0.2) is 8.32 Å². The smallest absolute Gasteiger partial charge is 0.191 e. The van der Waals surface area contributed by atoms with E-state index in [0.29, 0.717) is 39.1 Å². The molecule has 0 aliphatic carbocycles. The van der Waals surface area contributed by atoms with Crippen LogP contribution in [-0.4, -0.2) is 75.0 Å². The van der Waals surface area contributed by atoms with E-state index in [1.165, 1.54) is 0 Å². The Morgan fingerprint density at radius 3 is 2.26 bits per heavy atom. The number of aliphatic hydroxyl groups excluding tert-OH is 1. The summed E-state index contributed by atoms with van der Waals surface area (Å²) in [5, 5.41) is 11.4. The fraction of sp³-hybridized carbons (Fsp3) is 0.684. The van der Waals surface area contributed by atoms with Crippen LogP contribution in [0.25, 0.3) is 0 Å². The normalized spacial score (nSPS) is 31.9. The van der Waals surface area contributed by atoms with Crippen molar-refractivity contribution in [2.45, 2.75) is 152 Å². The molecule has 3 saturated heterocycles. The molecule has 2 aromatic carbocycles. The molecule has 0 aromatic heterocycles. The first kappa shape index (κ1) is 35.7. The van der Waals surface area contributed by atoms with Crippen molar-refractivity contribution in [2.24, 2.45) is 0 Å². The van der Waals surface area contributed by atoms with E-state index in [2.05, 4.69) is 65.1 Å². The summed E-state index contributed by atoms with van der Waals surface area (Å²) >= 11 is 0. The molecule has 256 valence electrons. The summed E-state index contributed by atoms with van der Waals surface area (Å²) in [6.45, 7) is 15.9. The van der Waals surface area contributed by atoms with Crippen LogP contribution < -0.4 is 0 Å². The fourth-order valence-electron chi connectivity index (χ4n) is 6.72. The fourth-order valence-corrected chi connectivity index (χ4v) is 7.81. The Morgan fingerprint density at radius 2 is 1.59 bits per heavy atom. The average Bonchev–Trinajstić information content (AvgIpc) is 3.14. The highest BCUT2D eigenvalue weighted by Crippen LogP contribution is 2.44. The lowest BCUT2D eigenvalue weighted by molar-refractivity contribution is -0.300. The monoisotopic (exact) mass is 654 g/mol. The molecule has 8 atom stereocenters. The number of aliphatic hydroxyl groups is 1. The minimum atomic E-state index is -1.76. The Labute approximate surface area is 278 Å². The third kappa shape index (κ3) is 9.29. The van der Waals surface area contributed by atoms with Crippen LogP contribution >= 0.6 is 0 Å². The zero-order valence-electron chi connectivity index (χ0n) is 29.0. The predicted molar refractivity (Wildman–Crippen MR) is 183 cm³/mol. The van der Waals surface area contributed by atoms with Crippen molar-refractivity contribution in [3.8, 4) is 0 Å². The number of fused-ring (bicyclic) bond motifs is 2. The van der Waals surface area contributed by atoms with Gasteiger partial charge in [0.25, 0.3) is 0 Å². The first-order valence-corrected chi connectivity index (χ1v) is 20.4. The van der Waals surface area contributed by atoms with Crippen LogP contribution in [0, 0.1) is 0 Å². The molecule has 7 nitrogen and oxygen atoms in total. The SMILES string of the molecule is CC(C)(C)[Si](C)(C)OCCCC[C@H]1O[C@H]2C[C@H]3O[C@H](COCc4ccccc4)C[C@H](OCc4ccccc4)[C@@H]3O[C@]2(C)CC[C@@H]1O. The van der Waals surface area contributed by atoms with Crippen molar-refractivity contribution in [1.82, 2.24) is 0 Å². The lowest BCUT2D eigenvalue weighted by Crippen LogP contribution is -2.63. The number of ether oxygens (including phenoxy) is 5. The average molecular weight is 655 g/mol. The molecule has 46 heavy (non-hydrogen) atoms. The molecule has 3 aliphatic rings. The Balaban J connectivity index is 1.21. The van der Waals surface area contributed by atoms with Gasteiger partial charge < -0.3 is 33.2 Å². The maximum absolute atomic E-state index is 11.2. The van der Waals surface area contributed by atoms with E-state index >= 15 is 0 Å². The first-order chi connectivity index (χ1) is 21.9. The molecule has 8 heteroatoms. The van der Waals surface area contributed by atoms with Crippen LogP contribution in [-0.2, 0) is 41.3 Å². The van der Waals surface area contributed by atoms with Crippen LogP contribution in [0.3, 0.4) is 0 Å². The van der Waals surface area contributed by atoms with Gasteiger partial charge in [-0.1, -0.05) is 81.4 Å². The molecule has 3 fully saturated rings. The van der Waals surface area contributed by atoms with Crippen LogP contribution in [0.5, 0.6) is 0 Å². The van der Waals surface area contributed by atoms with Crippen molar-refractivity contribution in [3.05, 3.63) is 71.8 Å². The van der Waals surface area contributed by atoms with Gasteiger partial charge in [0, 0.05) is 19.4 Å². The molecule has 5 rings (SSSR count). The summed E-state index contributed by atoms with van der Waals surface area (Å²) in [4.78, 5) is 0. The maximum atomic E-state index is 11.2. The zero-order chi connectivity index (χ0) is 32.8. The molecule has 0 unspecified atom stereocenters. The molecule has 1 N–H and O–H groups in total. The van der Waals surface area contributed by atoms with Gasteiger partial charge in [-0.15, -0.1) is 0 Å². The predicted octanol–water partition coefficient (Wildman–Crippen LogP) is 7.59. The Kier molecular flexibility index (Phi) is 12.2. The third-order valence-electron chi connectivity index (χ3n) is 10.7. The van der Waals surface area contributed by atoms with E-state index in [4.69, 9.17) is 28.1 Å². The Bertz CT molecular complexity index is 1190. The van der Waals surface area contributed by atoms with Crippen LogP contribution in [0.1, 0.15) is 83.8 Å². The first-order valence-electron chi connectivity index (χ1n) is 17.5. The third-order valence-corrected chi connectivity index (χ3v) is 15.2. The second-order valence-corrected chi connectivity index (χ2v) is 20.2. The molecule has 0 spiro atoms. The summed E-state index contributed by atoms with van der Waals surface area (Å²) in [6, 6.07) is 20.5. The topological polar surface area (TPSA) is 75.6 Å². The van der Waals surface area contributed by atoms with Crippen molar-refractivity contribution in [2.75, 3.05) is 13.2 Å². The molecule has 3 heterocycles. The van der Waals surface area contributed by atoms with E-state index in [1.807, 2.05) is 36.4 Å². The van der Waals surface area contributed by atoms with Crippen molar-refractivity contribution >= 4 is 8.32 Å². The van der Waals surface area contributed by atoms with Crippen LogP contribution in [0.2, 0.25) is 18.1 Å². The van der Waals surface area contributed by atoms with Gasteiger partial charge in [0.1, 0.15) is 6.10 Å². The van der Waals surface area contributed by atoms with Crippen molar-refractivity contribution < 1.29 is 33.2 Å². The summed E-state index contributed by atoms with van der Waals surface area (Å²) in [6.07, 6.45) is 4.01. The maximum Gasteiger partial charge on any atom is 0.191 e. The van der Waals surface area contributed by atoms with Gasteiger partial charge in [0.05, 0.1) is 62.0 Å². The molecule has 0 saturated carbocycles. The Hall–Kier alpha value is -1.62. The lowest BCUT2D eigenvalue weighted by Gasteiger charge is -2.52. The van der Waals surface area contributed by atoms with E-state index in [0.717, 1.165) is 43.4 Å². The van der Waals surface area contributed by atoms with Crippen LogP contribution in [0.15, 0.2) is 60.7 Å². The van der Waals surface area contributed by atoms with Gasteiger partial charge in [0.2, 0.25) is 0 Å². The number of hydrogen-bond acceptors (Lipinski definition) is 7. The molecular weight excluding hydrogens is 596 g/mol. The van der Waals surface area contributed by atoms with Crippen LogP contribution in [0.4, 0.5) is 0 Å². The highest BCUT2D eigenvalue weighted by atomic mass is 28.4. The van der Waals surface area contributed by atoms with Gasteiger partial charge in [-0.05, 0) is 68.3 Å². The molecule has 2 aromatic rings. The molecule has 3 aliphatic heterocycles. The minimum absolute atomic E-state index is 0.105. The Morgan fingerprint density at radius 1 is 0.913 bits per heavy atom. The second kappa shape index (κ2) is 15.7. The standard InChI is InChI=1S/C38H58O7Si/c1-37(2,3)46(5,6)42-22-14-13-19-32-31(39)20-21-38(4)35(44-32)24-34-36(45-38)33(41-26-29-17-11-8-12-18-29)23-30(43-34)27-40-25-28-15-9-7-10-16-28/h7-12,15-18,30-36,39H,13-14,19-27H2,1-6H3/t30-,31-,32+,33-,34+,35-,36-,38+/m0/s1. The van der Waals surface area contributed by atoms with Gasteiger partial charge in [-0.25, -0.2) is 0 Å².